The van der Waals surface area contributed by atoms with Crippen LogP contribution in [0.3, 0.4) is 0 Å². The van der Waals surface area contributed by atoms with E-state index in [0.717, 1.165) is 17.1 Å². The SMILES string of the molecule is CCn1nccc1CN(C)c1cccc2c1C(=O)N(C1CCC(=O)NC1=O)C2=O. The van der Waals surface area contributed by atoms with E-state index in [-0.39, 0.29) is 24.0 Å². The van der Waals surface area contributed by atoms with E-state index in [1.807, 2.05) is 29.6 Å². The molecule has 1 aromatic heterocycles. The second-order valence-corrected chi connectivity index (χ2v) is 7.14. The number of hydrogen-bond donors (Lipinski definition) is 1. The van der Waals surface area contributed by atoms with Gasteiger partial charge in [0.2, 0.25) is 11.8 Å². The molecule has 0 saturated carbocycles. The lowest BCUT2D eigenvalue weighted by Gasteiger charge is -2.28. The summed E-state index contributed by atoms with van der Waals surface area (Å²) in [6, 6.07) is 6.03. The lowest BCUT2D eigenvalue weighted by Crippen LogP contribution is -2.54. The molecule has 3 heterocycles. The number of hydrogen-bond acceptors (Lipinski definition) is 6. The first-order chi connectivity index (χ1) is 13.9. The minimum atomic E-state index is -0.972. The maximum atomic E-state index is 13.2. The minimum absolute atomic E-state index is 0.0948. The number of anilines is 1. The molecule has 1 saturated heterocycles. The molecule has 1 unspecified atom stereocenters. The van der Waals surface area contributed by atoms with Crippen molar-refractivity contribution in [2.24, 2.45) is 0 Å². The van der Waals surface area contributed by atoms with Gasteiger partial charge < -0.3 is 4.90 Å². The fourth-order valence-electron chi connectivity index (χ4n) is 3.92. The van der Waals surface area contributed by atoms with Gasteiger partial charge in [0.05, 0.1) is 29.1 Å². The van der Waals surface area contributed by atoms with Gasteiger partial charge in [-0.1, -0.05) is 6.07 Å². The highest BCUT2D eigenvalue weighted by molar-refractivity contribution is 6.25. The second kappa shape index (κ2) is 7.16. The van der Waals surface area contributed by atoms with Crippen molar-refractivity contribution in [3.8, 4) is 0 Å². The van der Waals surface area contributed by atoms with Crippen LogP contribution in [0.25, 0.3) is 0 Å². The van der Waals surface area contributed by atoms with Crippen LogP contribution in [0, 0.1) is 0 Å². The Labute approximate surface area is 167 Å². The Bertz CT molecular complexity index is 1030. The first-order valence-electron chi connectivity index (χ1n) is 9.48. The van der Waals surface area contributed by atoms with E-state index in [1.54, 1.807) is 24.4 Å². The molecular weight excluding hydrogens is 374 g/mol. The van der Waals surface area contributed by atoms with Crippen LogP contribution in [-0.4, -0.2) is 51.4 Å². The number of fused-ring (bicyclic) bond motifs is 1. The maximum Gasteiger partial charge on any atom is 0.264 e. The summed E-state index contributed by atoms with van der Waals surface area (Å²) in [5, 5.41) is 6.47. The van der Waals surface area contributed by atoms with Crippen LogP contribution in [0.5, 0.6) is 0 Å². The average Bonchev–Trinajstić information content (AvgIpc) is 3.25. The summed E-state index contributed by atoms with van der Waals surface area (Å²) in [6.45, 7) is 3.23. The Morgan fingerprint density at radius 2 is 1.97 bits per heavy atom. The molecule has 9 nitrogen and oxygen atoms in total. The van der Waals surface area contributed by atoms with E-state index in [2.05, 4.69) is 10.4 Å². The largest absolute Gasteiger partial charge is 0.368 e. The summed E-state index contributed by atoms with van der Waals surface area (Å²) < 4.78 is 1.86. The predicted molar refractivity (Wildman–Crippen MR) is 103 cm³/mol. The summed E-state index contributed by atoms with van der Waals surface area (Å²) in [5.41, 5.74) is 2.14. The number of imide groups is 2. The lowest BCUT2D eigenvalue weighted by molar-refractivity contribution is -0.136. The fraction of sp³-hybridized carbons (Fsp3) is 0.350. The number of amides is 4. The van der Waals surface area contributed by atoms with Crippen molar-refractivity contribution in [3.05, 3.63) is 47.3 Å². The predicted octanol–water partition coefficient (Wildman–Crippen LogP) is 0.941. The van der Waals surface area contributed by atoms with Crippen molar-refractivity contribution in [2.75, 3.05) is 11.9 Å². The molecule has 9 heteroatoms. The Morgan fingerprint density at radius 1 is 1.17 bits per heavy atom. The van der Waals surface area contributed by atoms with Gasteiger partial charge in [0, 0.05) is 26.2 Å². The zero-order valence-electron chi connectivity index (χ0n) is 16.2. The van der Waals surface area contributed by atoms with Crippen LogP contribution < -0.4 is 10.2 Å². The summed E-state index contributed by atoms with van der Waals surface area (Å²) >= 11 is 0. The number of piperidine rings is 1. The van der Waals surface area contributed by atoms with Crippen molar-refractivity contribution >= 4 is 29.3 Å². The van der Waals surface area contributed by atoms with Gasteiger partial charge in [-0.25, -0.2) is 0 Å². The molecule has 1 N–H and O–H groups in total. The highest BCUT2D eigenvalue weighted by atomic mass is 16.2. The summed E-state index contributed by atoms with van der Waals surface area (Å²) in [7, 11) is 1.84. The molecule has 1 aromatic carbocycles. The monoisotopic (exact) mass is 395 g/mol. The van der Waals surface area contributed by atoms with Crippen LogP contribution in [0.15, 0.2) is 30.5 Å². The van der Waals surface area contributed by atoms with Crippen molar-refractivity contribution < 1.29 is 19.2 Å². The third-order valence-corrected chi connectivity index (χ3v) is 5.36. The van der Waals surface area contributed by atoms with Crippen LogP contribution in [0.1, 0.15) is 46.2 Å². The van der Waals surface area contributed by atoms with Crippen LogP contribution >= 0.6 is 0 Å². The van der Waals surface area contributed by atoms with Gasteiger partial charge in [-0.3, -0.25) is 34.1 Å². The standard InChI is InChI=1S/C20H21N5O4/c1-3-24-12(9-10-21-24)11-23(2)14-6-4-5-13-17(14)20(29)25(19(13)28)15-7-8-16(26)22-18(15)27/h4-6,9-10,15H,3,7-8,11H2,1-2H3,(H,22,26,27). The minimum Gasteiger partial charge on any atom is -0.368 e. The Kier molecular flexibility index (Phi) is 4.65. The number of aromatic nitrogens is 2. The quantitative estimate of drug-likeness (QED) is 0.756. The van der Waals surface area contributed by atoms with Gasteiger partial charge in [-0.2, -0.15) is 5.10 Å². The van der Waals surface area contributed by atoms with Gasteiger partial charge in [-0.05, 0) is 31.5 Å². The number of nitrogens with one attached hydrogen (secondary N) is 1. The average molecular weight is 395 g/mol. The normalized spacial score (nSPS) is 18.8. The molecular formula is C20H21N5O4. The van der Waals surface area contributed by atoms with E-state index >= 15 is 0 Å². The first kappa shape index (κ1) is 18.9. The van der Waals surface area contributed by atoms with E-state index in [0.29, 0.717) is 12.2 Å². The molecule has 0 aliphatic carbocycles. The van der Waals surface area contributed by atoms with Crippen LogP contribution in [0.4, 0.5) is 5.69 Å². The molecule has 0 spiro atoms. The van der Waals surface area contributed by atoms with Gasteiger partial charge in [0.15, 0.2) is 0 Å². The van der Waals surface area contributed by atoms with E-state index < -0.39 is 29.7 Å². The summed E-state index contributed by atoms with van der Waals surface area (Å²) in [6.07, 6.45) is 1.95. The lowest BCUT2D eigenvalue weighted by atomic mass is 10.0. The number of nitrogens with zero attached hydrogens (tertiary/aromatic N) is 4. The van der Waals surface area contributed by atoms with E-state index in [4.69, 9.17) is 0 Å². The van der Waals surface area contributed by atoms with Gasteiger partial charge in [0.1, 0.15) is 6.04 Å². The summed E-state index contributed by atoms with van der Waals surface area (Å²) in [5.74, 6) is -2.02. The number of carbonyl (C=O) groups excluding carboxylic acids is 4. The molecule has 2 aliphatic heterocycles. The molecule has 0 bridgehead atoms. The topological polar surface area (TPSA) is 105 Å². The van der Waals surface area contributed by atoms with E-state index in [9.17, 15) is 19.2 Å². The highest BCUT2D eigenvalue weighted by Gasteiger charge is 2.45. The molecule has 4 rings (SSSR count). The molecule has 4 amide bonds. The van der Waals surface area contributed by atoms with E-state index in [1.165, 1.54) is 0 Å². The number of aryl methyl sites for hydroxylation is 1. The van der Waals surface area contributed by atoms with Crippen LogP contribution in [0.2, 0.25) is 0 Å². The van der Waals surface area contributed by atoms with Gasteiger partial charge in [0.25, 0.3) is 11.8 Å². The molecule has 0 radical (unpaired) electrons. The first-order valence-corrected chi connectivity index (χ1v) is 9.48. The number of rotatable bonds is 5. The Balaban J connectivity index is 1.66. The third-order valence-electron chi connectivity index (χ3n) is 5.36. The molecule has 29 heavy (non-hydrogen) atoms. The van der Waals surface area contributed by atoms with Gasteiger partial charge in [-0.15, -0.1) is 0 Å². The molecule has 1 fully saturated rings. The fourth-order valence-corrected chi connectivity index (χ4v) is 3.92. The molecule has 150 valence electrons. The van der Waals surface area contributed by atoms with Crippen molar-refractivity contribution in [1.29, 1.82) is 0 Å². The number of benzene rings is 1. The molecule has 2 aromatic rings. The maximum absolute atomic E-state index is 13.2. The Morgan fingerprint density at radius 3 is 2.69 bits per heavy atom. The summed E-state index contributed by atoms with van der Waals surface area (Å²) in [4.78, 5) is 52.7. The zero-order chi connectivity index (χ0) is 20.7. The second-order valence-electron chi connectivity index (χ2n) is 7.14. The zero-order valence-corrected chi connectivity index (χ0v) is 16.2. The van der Waals surface area contributed by atoms with Crippen molar-refractivity contribution in [1.82, 2.24) is 20.0 Å². The van der Waals surface area contributed by atoms with Crippen molar-refractivity contribution in [3.63, 3.8) is 0 Å². The third kappa shape index (κ3) is 3.08. The highest BCUT2D eigenvalue weighted by Crippen LogP contribution is 2.34. The van der Waals surface area contributed by atoms with Crippen molar-refractivity contribution in [2.45, 2.75) is 38.9 Å². The smallest absolute Gasteiger partial charge is 0.264 e. The number of carbonyl (C=O) groups is 4. The molecule has 1 atom stereocenters. The van der Waals surface area contributed by atoms with Gasteiger partial charge >= 0.3 is 0 Å². The van der Waals surface area contributed by atoms with Crippen LogP contribution in [-0.2, 0) is 22.7 Å². The molecule has 2 aliphatic rings. The Hall–Kier alpha value is -3.49.